The van der Waals surface area contributed by atoms with Crippen LogP contribution in [-0.4, -0.2) is 17.1 Å². The van der Waals surface area contributed by atoms with Gasteiger partial charge in [-0.25, -0.2) is 4.98 Å². The van der Waals surface area contributed by atoms with Gasteiger partial charge in [0.2, 0.25) is 0 Å². The molecule has 4 heteroatoms. The molecule has 0 fully saturated rings. The number of fused-ring (bicyclic) bond motifs is 1. The minimum Gasteiger partial charge on any atom is -0.494 e. The smallest absolute Gasteiger partial charge is 0.144 e. The number of ether oxygens (including phenoxy) is 1. The SMILES string of the molecule is COc1ccc(CCl)c2nc[nH]c12. The Morgan fingerprint density at radius 1 is 1.54 bits per heavy atom. The fraction of sp³-hybridized carbons (Fsp3) is 0.222. The highest BCUT2D eigenvalue weighted by molar-refractivity contribution is 6.17. The maximum Gasteiger partial charge on any atom is 0.144 e. The summed E-state index contributed by atoms with van der Waals surface area (Å²) in [6.45, 7) is 0. The molecule has 0 unspecified atom stereocenters. The second-order valence-electron chi connectivity index (χ2n) is 2.69. The first-order valence-corrected chi connectivity index (χ1v) is 4.45. The Bertz CT molecular complexity index is 386. The Kier molecular flexibility index (Phi) is 2.10. The van der Waals surface area contributed by atoms with Crippen molar-refractivity contribution in [2.24, 2.45) is 0 Å². The molecule has 1 heterocycles. The van der Waals surface area contributed by atoms with Crippen molar-refractivity contribution < 1.29 is 4.74 Å². The number of nitrogens with zero attached hydrogens (tertiary/aromatic N) is 1. The molecule has 2 rings (SSSR count). The van der Waals surface area contributed by atoms with Gasteiger partial charge in [0.25, 0.3) is 0 Å². The Balaban J connectivity index is 2.74. The van der Waals surface area contributed by atoms with Gasteiger partial charge >= 0.3 is 0 Å². The van der Waals surface area contributed by atoms with Crippen LogP contribution in [0.4, 0.5) is 0 Å². The van der Waals surface area contributed by atoms with Gasteiger partial charge in [-0.3, -0.25) is 0 Å². The second kappa shape index (κ2) is 3.26. The zero-order valence-electron chi connectivity index (χ0n) is 7.17. The summed E-state index contributed by atoms with van der Waals surface area (Å²) in [5, 5.41) is 0. The number of H-pyrrole nitrogens is 1. The number of rotatable bonds is 2. The first-order chi connectivity index (χ1) is 6.36. The van der Waals surface area contributed by atoms with Gasteiger partial charge < -0.3 is 9.72 Å². The average molecular weight is 197 g/mol. The molecule has 0 aliphatic rings. The number of imidazole rings is 1. The molecule has 3 nitrogen and oxygen atoms in total. The number of nitrogens with one attached hydrogen (secondary N) is 1. The monoisotopic (exact) mass is 196 g/mol. The summed E-state index contributed by atoms with van der Waals surface area (Å²) in [5.74, 6) is 1.26. The Morgan fingerprint density at radius 2 is 2.38 bits per heavy atom. The summed E-state index contributed by atoms with van der Waals surface area (Å²) in [6.07, 6.45) is 1.64. The van der Waals surface area contributed by atoms with Crippen molar-refractivity contribution in [1.82, 2.24) is 9.97 Å². The van der Waals surface area contributed by atoms with Crippen LogP contribution in [0.1, 0.15) is 5.56 Å². The van der Waals surface area contributed by atoms with E-state index in [2.05, 4.69) is 9.97 Å². The Morgan fingerprint density at radius 3 is 3.08 bits per heavy atom. The molecule has 0 aliphatic heterocycles. The van der Waals surface area contributed by atoms with Crippen LogP contribution in [0, 0.1) is 0 Å². The van der Waals surface area contributed by atoms with Gasteiger partial charge in [-0.05, 0) is 11.6 Å². The van der Waals surface area contributed by atoms with E-state index in [9.17, 15) is 0 Å². The Hall–Kier alpha value is -1.22. The number of benzene rings is 1. The van der Waals surface area contributed by atoms with Crippen molar-refractivity contribution in [2.45, 2.75) is 5.88 Å². The van der Waals surface area contributed by atoms with Crippen molar-refractivity contribution in [3.63, 3.8) is 0 Å². The summed E-state index contributed by atoms with van der Waals surface area (Å²) in [5.41, 5.74) is 2.80. The van der Waals surface area contributed by atoms with Gasteiger partial charge in [-0.2, -0.15) is 0 Å². The number of hydrogen-bond donors (Lipinski definition) is 1. The molecule has 0 aliphatic carbocycles. The number of methoxy groups -OCH3 is 1. The standard InChI is InChI=1S/C9H9ClN2O/c1-13-7-3-2-6(4-10)8-9(7)12-5-11-8/h2-3,5H,4H2,1H3,(H,11,12). The number of aromatic nitrogens is 2. The van der Waals surface area contributed by atoms with E-state index in [4.69, 9.17) is 16.3 Å². The van der Waals surface area contributed by atoms with E-state index in [0.29, 0.717) is 5.88 Å². The van der Waals surface area contributed by atoms with Crippen molar-refractivity contribution in [3.05, 3.63) is 24.0 Å². The quantitative estimate of drug-likeness (QED) is 0.749. The number of halogens is 1. The van der Waals surface area contributed by atoms with Crippen LogP contribution < -0.4 is 4.74 Å². The molecule has 0 amide bonds. The number of hydrogen-bond acceptors (Lipinski definition) is 2. The molecule has 0 atom stereocenters. The molecule has 68 valence electrons. The van der Waals surface area contributed by atoms with Crippen molar-refractivity contribution in [3.8, 4) is 5.75 Å². The van der Waals surface area contributed by atoms with Gasteiger partial charge in [0.05, 0.1) is 19.0 Å². The van der Waals surface area contributed by atoms with Crippen molar-refractivity contribution in [1.29, 1.82) is 0 Å². The minimum atomic E-state index is 0.464. The van der Waals surface area contributed by atoms with Gasteiger partial charge in [-0.15, -0.1) is 11.6 Å². The largest absolute Gasteiger partial charge is 0.494 e. The summed E-state index contributed by atoms with van der Waals surface area (Å²) in [6, 6.07) is 3.81. The van der Waals surface area contributed by atoms with Crippen LogP contribution in [-0.2, 0) is 5.88 Å². The van der Waals surface area contributed by atoms with Gasteiger partial charge in [-0.1, -0.05) is 6.07 Å². The summed E-state index contributed by atoms with van der Waals surface area (Å²) in [4.78, 5) is 7.20. The van der Waals surface area contributed by atoms with Gasteiger partial charge in [0.1, 0.15) is 11.3 Å². The zero-order chi connectivity index (χ0) is 9.26. The number of aromatic amines is 1. The number of alkyl halides is 1. The van der Waals surface area contributed by atoms with Crippen LogP contribution in [0.3, 0.4) is 0 Å². The van der Waals surface area contributed by atoms with Crippen molar-refractivity contribution in [2.75, 3.05) is 7.11 Å². The van der Waals surface area contributed by atoms with Crippen LogP contribution in [0.25, 0.3) is 11.0 Å². The molecule has 2 aromatic rings. The molecule has 0 saturated heterocycles. The predicted molar refractivity (Wildman–Crippen MR) is 52.2 cm³/mol. The average Bonchev–Trinajstić information content (AvgIpc) is 2.64. The molecule has 0 spiro atoms. The fourth-order valence-electron chi connectivity index (χ4n) is 1.34. The molecule has 1 aromatic heterocycles. The van der Waals surface area contributed by atoms with Crippen LogP contribution in [0.15, 0.2) is 18.5 Å². The first-order valence-electron chi connectivity index (χ1n) is 3.91. The highest BCUT2D eigenvalue weighted by atomic mass is 35.5. The van der Waals surface area contributed by atoms with E-state index in [-0.39, 0.29) is 0 Å². The van der Waals surface area contributed by atoms with Crippen molar-refractivity contribution >= 4 is 22.6 Å². The highest BCUT2D eigenvalue weighted by Crippen LogP contribution is 2.25. The molecule has 1 N–H and O–H groups in total. The van der Waals surface area contributed by atoms with E-state index in [1.165, 1.54) is 0 Å². The molecule has 0 bridgehead atoms. The molecule has 0 radical (unpaired) electrons. The zero-order valence-corrected chi connectivity index (χ0v) is 7.93. The summed E-state index contributed by atoms with van der Waals surface area (Å²) >= 11 is 5.76. The predicted octanol–water partition coefficient (Wildman–Crippen LogP) is 2.31. The van der Waals surface area contributed by atoms with Crippen LogP contribution in [0.5, 0.6) is 5.75 Å². The summed E-state index contributed by atoms with van der Waals surface area (Å²) in [7, 11) is 1.63. The van der Waals surface area contributed by atoms with Crippen LogP contribution in [0.2, 0.25) is 0 Å². The van der Waals surface area contributed by atoms with Gasteiger partial charge in [0.15, 0.2) is 0 Å². The van der Waals surface area contributed by atoms with Crippen LogP contribution >= 0.6 is 11.6 Å². The third kappa shape index (κ3) is 1.25. The molecule has 0 saturated carbocycles. The third-order valence-electron chi connectivity index (χ3n) is 1.99. The maximum absolute atomic E-state index is 5.76. The first kappa shape index (κ1) is 8.38. The second-order valence-corrected chi connectivity index (χ2v) is 2.95. The summed E-state index contributed by atoms with van der Waals surface area (Å²) < 4.78 is 5.17. The fourth-order valence-corrected chi connectivity index (χ4v) is 1.56. The Labute approximate surface area is 80.7 Å². The lowest BCUT2D eigenvalue weighted by atomic mass is 10.2. The lowest BCUT2D eigenvalue weighted by Crippen LogP contribution is -1.87. The van der Waals surface area contributed by atoms with E-state index in [1.54, 1.807) is 13.4 Å². The molecular weight excluding hydrogens is 188 g/mol. The van der Waals surface area contributed by atoms with E-state index < -0.39 is 0 Å². The highest BCUT2D eigenvalue weighted by Gasteiger charge is 2.07. The normalized spacial score (nSPS) is 10.6. The van der Waals surface area contributed by atoms with E-state index in [0.717, 1.165) is 22.3 Å². The lowest BCUT2D eigenvalue weighted by Gasteiger charge is -2.02. The van der Waals surface area contributed by atoms with E-state index in [1.807, 2.05) is 12.1 Å². The van der Waals surface area contributed by atoms with Gasteiger partial charge in [0, 0.05) is 5.88 Å². The lowest BCUT2D eigenvalue weighted by molar-refractivity contribution is 0.419. The topological polar surface area (TPSA) is 37.9 Å². The maximum atomic E-state index is 5.76. The molecule has 1 aromatic carbocycles. The molecule has 13 heavy (non-hydrogen) atoms. The minimum absolute atomic E-state index is 0.464. The molecular formula is C9H9ClN2O. The third-order valence-corrected chi connectivity index (χ3v) is 2.28. The van der Waals surface area contributed by atoms with E-state index >= 15 is 0 Å².